The van der Waals surface area contributed by atoms with E-state index in [0.29, 0.717) is 18.7 Å². The molecule has 0 atom stereocenters. The van der Waals surface area contributed by atoms with E-state index in [0.717, 1.165) is 24.1 Å². The van der Waals surface area contributed by atoms with Gasteiger partial charge < -0.3 is 15.1 Å². The van der Waals surface area contributed by atoms with Crippen LogP contribution in [0.3, 0.4) is 0 Å². The molecule has 1 saturated heterocycles. The van der Waals surface area contributed by atoms with Crippen molar-refractivity contribution in [3.63, 3.8) is 0 Å². The molecule has 0 radical (unpaired) electrons. The van der Waals surface area contributed by atoms with Crippen LogP contribution in [0.5, 0.6) is 0 Å². The number of rotatable bonds is 3. The molecule has 3 rings (SSSR count). The fraction of sp³-hybridized carbons (Fsp3) is 0.250. The molecule has 9 heteroatoms. The predicted molar refractivity (Wildman–Crippen MR) is 107 cm³/mol. The summed E-state index contributed by atoms with van der Waals surface area (Å²) in [4.78, 5) is 34.8. The third-order valence-electron chi connectivity index (χ3n) is 4.29. The van der Waals surface area contributed by atoms with E-state index < -0.39 is 11.9 Å². The number of carbonyl (C=O) groups excluding carboxylic acids is 1. The van der Waals surface area contributed by atoms with Gasteiger partial charge in [0, 0.05) is 42.8 Å². The van der Waals surface area contributed by atoms with E-state index in [4.69, 9.17) is 19.8 Å². The van der Waals surface area contributed by atoms with Gasteiger partial charge in [-0.15, -0.1) is 0 Å². The smallest absolute Gasteiger partial charge is 0.414 e. The topological polar surface area (TPSA) is 98.1 Å². The zero-order valence-corrected chi connectivity index (χ0v) is 17.0. The molecule has 0 bridgehead atoms. The number of halogens is 2. The van der Waals surface area contributed by atoms with Crippen LogP contribution in [0.15, 0.2) is 53.0 Å². The first-order valence-corrected chi connectivity index (χ1v) is 9.54. The Morgan fingerprint density at radius 3 is 1.97 bits per heavy atom. The molecule has 29 heavy (non-hydrogen) atoms. The summed E-state index contributed by atoms with van der Waals surface area (Å²) in [7, 11) is 0. The van der Waals surface area contributed by atoms with Crippen LogP contribution in [-0.2, 0) is 16.1 Å². The van der Waals surface area contributed by atoms with Crippen molar-refractivity contribution in [3.05, 3.63) is 69.9 Å². The summed E-state index contributed by atoms with van der Waals surface area (Å²) in [5.74, 6) is -3.99. The summed E-state index contributed by atoms with van der Waals surface area (Å²) in [5, 5.41) is 14.8. The molecule has 1 fully saturated rings. The molecule has 1 aliphatic rings. The fourth-order valence-corrected chi connectivity index (χ4v) is 3.16. The van der Waals surface area contributed by atoms with Gasteiger partial charge in [0.25, 0.3) is 5.91 Å². The van der Waals surface area contributed by atoms with E-state index >= 15 is 0 Å². The number of carboxylic acids is 2. The van der Waals surface area contributed by atoms with Crippen molar-refractivity contribution < 1.29 is 29.0 Å². The Morgan fingerprint density at radius 2 is 1.45 bits per heavy atom. The fourth-order valence-electron chi connectivity index (χ4n) is 2.75. The number of nitrogens with zero attached hydrogens (tertiary/aromatic N) is 2. The second kappa shape index (κ2) is 10.7. The average Bonchev–Trinajstić information content (AvgIpc) is 2.71. The molecule has 154 valence electrons. The molecule has 2 aromatic rings. The van der Waals surface area contributed by atoms with Crippen LogP contribution in [0, 0.1) is 5.82 Å². The van der Waals surface area contributed by atoms with E-state index in [9.17, 15) is 9.18 Å². The van der Waals surface area contributed by atoms with Gasteiger partial charge in [-0.2, -0.15) is 0 Å². The highest BCUT2D eigenvalue weighted by molar-refractivity contribution is 9.10. The van der Waals surface area contributed by atoms with Crippen molar-refractivity contribution >= 4 is 33.8 Å². The van der Waals surface area contributed by atoms with Crippen molar-refractivity contribution in [2.24, 2.45) is 0 Å². The van der Waals surface area contributed by atoms with Crippen LogP contribution in [0.2, 0.25) is 0 Å². The number of carbonyl (C=O) groups is 3. The van der Waals surface area contributed by atoms with Crippen LogP contribution in [0.25, 0.3) is 0 Å². The lowest BCUT2D eigenvalue weighted by Gasteiger charge is -2.35. The number of piperazine rings is 1. The Balaban J connectivity index is 0.000000438. The molecule has 0 aliphatic carbocycles. The van der Waals surface area contributed by atoms with Gasteiger partial charge >= 0.3 is 11.9 Å². The second-order valence-corrected chi connectivity index (χ2v) is 7.13. The minimum atomic E-state index is -1.82. The lowest BCUT2D eigenvalue weighted by Crippen LogP contribution is -2.48. The van der Waals surface area contributed by atoms with Crippen molar-refractivity contribution in [2.45, 2.75) is 6.54 Å². The SMILES string of the molecule is O=C(O)C(=O)O.O=C(c1ccc(F)cc1)N1CCN(Cc2ccccc2Br)CC1. The van der Waals surface area contributed by atoms with Crippen LogP contribution in [0.4, 0.5) is 4.39 Å². The normalized spacial score (nSPS) is 13.9. The Hall–Kier alpha value is -2.78. The van der Waals surface area contributed by atoms with Gasteiger partial charge in [0.15, 0.2) is 0 Å². The van der Waals surface area contributed by atoms with Crippen LogP contribution in [-0.4, -0.2) is 64.0 Å². The maximum absolute atomic E-state index is 12.9. The summed E-state index contributed by atoms with van der Waals surface area (Å²) in [6, 6.07) is 14.0. The molecule has 2 N–H and O–H groups in total. The number of hydrogen-bond donors (Lipinski definition) is 2. The highest BCUT2D eigenvalue weighted by Gasteiger charge is 2.22. The third-order valence-corrected chi connectivity index (χ3v) is 5.06. The number of carboxylic acid groups (broad SMARTS) is 2. The lowest BCUT2D eigenvalue weighted by molar-refractivity contribution is -0.159. The first kappa shape index (κ1) is 22.5. The molecular weight excluding hydrogens is 447 g/mol. The maximum Gasteiger partial charge on any atom is 0.414 e. The zero-order chi connectivity index (χ0) is 21.4. The summed E-state index contributed by atoms with van der Waals surface area (Å²) >= 11 is 3.57. The number of aliphatic carboxylic acids is 2. The van der Waals surface area contributed by atoms with Gasteiger partial charge in [-0.1, -0.05) is 34.1 Å². The molecule has 0 spiro atoms. The second-order valence-electron chi connectivity index (χ2n) is 6.28. The molecule has 1 heterocycles. The molecule has 1 aliphatic heterocycles. The van der Waals surface area contributed by atoms with Crippen LogP contribution >= 0.6 is 15.9 Å². The van der Waals surface area contributed by atoms with Crippen molar-refractivity contribution in [3.8, 4) is 0 Å². The standard InChI is InChI=1S/C18H18BrFN2O.C2H2O4/c19-17-4-2-1-3-15(17)13-21-9-11-22(12-10-21)18(23)14-5-7-16(20)8-6-14;3-1(4)2(5)6/h1-8H,9-13H2;(H,3,4)(H,5,6). The number of hydrogen-bond acceptors (Lipinski definition) is 4. The predicted octanol–water partition coefficient (Wildman–Crippen LogP) is 2.70. The first-order valence-electron chi connectivity index (χ1n) is 8.74. The molecule has 0 aromatic heterocycles. The molecule has 2 aromatic carbocycles. The van der Waals surface area contributed by atoms with Crippen molar-refractivity contribution in [2.75, 3.05) is 26.2 Å². The molecular formula is C20H20BrFN2O5. The Kier molecular flexibility index (Phi) is 8.29. The Labute approximate surface area is 175 Å². The molecule has 0 unspecified atom stereocenters. The van der Waals surface area contributed by atoms with Crippen molar-refractivity contribution in [1.82, 2.24) is 9.80 Å². The van der Waals surface area contributed by atoms with E-state index in [1.807, 2.05) is 23.1 Å². The summed E-state index contributed by atoms with van der Waals surface area (Å²) in [6.45, 7) is 3.95. The number of benzene rings is 2. The zero-order valence-electron chi connectivity index (χ0n) is 15.4. The third kappa shape index (κ3) is 6.95. The highest BCUT2D eigenvalue weighted by Crippen LogP contribution is 2.19. The molecule has 1 amide bonds. The largest absolute Gasteiger partial charge is 0.473 e. The summed E-state index contributed by atoms with van der Waals surface area (Å²) < 4.78 is 14.1. The minimum Gasteiger partial charge on any atom is -0.473 e. The van der Waals surface area contributed by atoms with Gasteiger partial charge in [0.2, 0.25) is 0 Å². The van der Waals surface area contributed by atoms with Gasteiger partial charge in [0.05, 0.1) is 0 Å². The van der Waals surface area contributed by atoms with Gasteiger partial charge in [-0.25, -0.2) is 14.0 Å². The highest BCUT2D eigenvalue weighted by atomic mass is 79.9. The van der Waals surface area contributed by atoms with E-state index in [1.165, 1.54) is 17.7 Å². The minimum absolute atomic E-state index is 0.0226. The summed E-state index contributed by atoms with van der Waals surface area (Å²) in [6.07, 6.45) is 0. The first-order chi connectivity index (χ1) is 13.8. The van der Waals surface area contributed by atoms with Gasteiger partial charge in [0.1, 0.15) is 5.82 Å². The van der Waals surface area contributed by atoms with E-state index in [-0.39, 0.29) is 11.7 Å². The number of amides is 1. The molecule has 7 nitrogen and oxygen atoms in total. The van der Waals surface area contributed by atoms with E-state index in [1.54, 1.807) is 12.1 Å². The Bertz CT molecular complexity index is 855. The van der Waals surface area contributed by atoms with E-state index in [2.05, 4.69) is 26.9 Å². The van der Waals surface area contributed by atoms with Gasteiger partial charge in [-0.05, 0) is 35.9 Å². The van der Waals surface area contributed by atoms with Crippen molar-refractivity contribution in [1.29, 1.82) is 0 Å². The summed E-state index contributed by atoms with van der Waals surface area (Å²) in [5.41, 5.74) is 1.80. The lowest BCUT2D eigenvalue weighted by atomic mass is 10.1. The maximum atomic E-state index is 12.9. The quantitative estimate of drug-likeness (QED) is 0.674. The monoisotopic (exact) mass is 466 g/mol. The average molecular weight is 467 g/mol. The van der Waals surface area contributed by atoms with Crippen LogP contribution < -0.4 is 0 Å². The Morgan fingerprint density at radius 1 is 0.897 bits per heavy atom. The van der Waals surface area contributed by atoms with Gasteiger partial charge in [-0.3, -0.25) is 9.69 Å². The molecule has 0 saturated carbocycles. The van der Waals surface area contributed by atoms with Crippen LogP contribution in [0.1, 0.15) is 15.9 Å².